The Bertz CT molecular complexity index is 1340. The second-order valence-electron chi connectivity index (χ2n) is 9.76. The normalized spacial score (nSPS) is 15.8. The third-order valence-electron chi connectivity index (χ3n) is 6.12. The number of benzene rings is 2. The van der Waals surface area contributed by atoms with Crippen molar-refractivity contribution in [2.45, 2.75) is 47.0 Å². The summed E-state index contributed by atoms with van der Waals surface area (Å²) in [5.41, 5.74) is 6.83. The van der Waals surface area contributed by atoms with Gasteiger partial charge in [0, 0.05) is 17.1 Å². The van der Waals surface area contributed by atoms with Crippen molar-refractivity contribution in [1.82, 2.24) is 9.88 Å². The van der Waals surface area contributed by atoms with E-state index in [0.717, 1.165) is 28.2 Å². The fourth-order valence-electron chi connectivity index (χ4n) is 4.26. The van der Waals surface area contributed by atoms with Gasteiger partial charge in [-0.15, -0.1) is 0 Å². The van der Waals surface area contributed by atoms with Crippen LogP contribution in [-0.2, 0) is 15.0 Å². The number of nitrogens with zero attached hydrogens (tertiary/aromatic N) is 2. The highest BCUT2D eigenvalue weighted by molar-refractivity contribution is 7.80. The van der Waals surface area contributed by atoms with Crippen LogP contribution in [-0.4, -0.2) is 21.5 Å². The first-order valence-corrected chi connectivity index (χ1v) is 11.7. The van der Waals surface area contributed by atoms with Crippen LogP contribution in [0.4, 0.5) is 5.69 Å². The number of carbonyl (C=O) groups is 2. The summed E-state index contributed by atoms with van der Waals surface area (Å²) in [6.07, 6.45) is 1.66. The van der Waals surface area contributed by atoms with E-state index in [-0.39, 0.29) is 16.1 Å². The van der Waals surface area contributed by atoms with Crippen molar-refractivity contribution in [2.24, 2.45) is 0 Å². The highest BCUT2D eigenvalue weighted by Crippen LogP contribution is 2.28. The number of aromatic nitrogens is 1. The molecule has 0 atom stereocenters. The predicted octanol–water partition coefficient (Wildman–Crippen LogP) is 5.53. The molecule has 1 aromatic heterocycles. The molecule has 174 valence electrons. The molecule has 2 heterocycles. The summed E-state index contributed by atoms with van der Waals surface area (Å²) in [7, 11) is 0. The number of nitrogens with one attached hydrogen (secondary N) is 1. The van der Waals surface area contributed by atoms with Crippen LogP contribution in [0.15, 0.2) is 60.2 Å². The smallest absolute Gasteiger partial charge is 0.270 e. The first-order valence-electron chi connectivity index (χ1n) is 11.3. The lowest BCUT2D eigenvalue weighted by atomic mass is 9.87. The minimum atomic E-state index is -0.488. The van der Waals surface area contributed by atoms with Crippen molar-refractivity contribution in [3.05, 3.63) is 88.2 Å². The number of carbonyl (C=O) groups excluding carboxylic acids is 2. The first-order chi connectivity index (χ1) is 16.0. The summed E-state index contributed by atoms with van der Waals surface area (Å²) < 4.78 is 2.13. The molecule has 1 saturated heterocycles. The van der Waals surface area contributed by atoms with Crippen molar-refractivity contribution in [2.75, 3.05) is 4.90 Å². The molecule has 3 aromatic rings. The Labute approximate surface area is 206 Å². The number of hydrogen-bond donors (Lipinski definition) is 1. The van der Waals surface area contributed by atoms with Crippen molar-refractivity contribution in [3.63, 3.8) is 0 Å². The van der Waals surface area contributed by atoms with Gasteiger partial charge in [0.1, 0.15) is 5.57 Å². The van der Waals surface area contributed by atoms with Crippen LogP contribution in [0.25, 0.3) is 11.8 Å². The molecule has 4 rings (SSSR count). The molecule has 1 aliphatic rings. The summed E-state index contributed by atoms with van der Waals surface area (Å²) in [5, 5.41) is 2.75. The Hall–Kier alpha value is -3.51. The van der Waals surface area contributed by atoms with E-state index in [2.05, 4.69) is 54.9 Å². The molecule has 0 radical (unpaired) electrons. The van der Waals surface area contributed by atoms with E-state index in [4.69, 9.17) is 12.2 Å². The Balaban J connectivity index is 1.73. The molecular formula is C28H29N3O2S. The Morgan fingerprint density at radius 2 is 1.59 bits per heavy atom. The Morgan fingerprint density at radius 3 is 2.21 bits per heavy atom. The zero-order valence-electron chi connectivity index (χ0n) is 20.4. The minimum Gasteiger partial charge on any atom is -0.318 e. The summed E-state index contributed by atoms with van der Waals surface area (Å²) in [5.74, 6) is -0.920. The molecule has 0 saturated carbocycles. The van der Waals surface area contributed by atoms with Gasteiger partial charge in [0.25, 0.3) is 11.8 Å². The highest BCUT2D eigenvalue weighted by atomic mass is 32.1. The molecular weight excluding hydrogens is 442 g/mol. The largest absolute Gasteiger partial charge is 0.318 e. The second kappa shape index (κ2) is 8.69. The van der Waals surface area contributed by atoms with E-state index in [9.17, 15) is 9.59 Å². The number of amides is 2. The molecule has 0 aliphatic carbocycles. The quantitative estimate of drug-likeness (QED) is 0.310. The summed E-state index contributed by atoms with van der Waals surface area (Å²) in [4.78, 5) is 27.5. The predicted molar refractivity (Wildman–Crippen MR) is 141 cm³/mol. The summed E-state index contributed by atoms with van der Waals surface area (Å²) in [6.45, 7) is 12.5. The van der Waals surface area contributed by atoms with Crippen LogP contribution in [0.5, 0.6) is 0 Å². The lowest BCUT2D eigenvalue weighted by Gasteiger charge is -2.29. The number of hydrogen-bond acceptors (Lipinski definition) is 3. The average Bonchev–Trinajstić information content (AvgIpc) is 3.03. The van der Waals surface area contributed by atoms with Crippen LogP contribution in [0.2, 0.25) is 0 Å². The monoisotopic (exact) mass is 471 g/mol. The zero-order valence-corrected chi connectivity index (χ0v) is 21.2. The van der Waals surface area contributed by atoms with Gasteiger partial charge in [-0.1, -0.05) is 45.0 Å². The molecule has 6 heteroatoms. The van der Waals surface area contributed by atoms with Gasteiger partial charge in [-0.05, 0) is 91.5 Å². The molecule has 34 heavy (non-hydrogen) atoms. The first kappa shape index (κ1) is 23.6. The topological polar surface area (TPSA) is 54.3 Å². The van der Waals surface area contributed by atoms with Crippen molar-refractivity contribution >= 4 is 40.9 Å². The summed E-state index contributed by atoms with van der Waals surface area (Å²) in [6, 6.07) is 18.0. The third-order valence-corrected chi connectivity index (χ3v) is 6.41. The van der Waals surface area contributed by atoms with Crippen LogP contribution < -0.4 is 10.2 Å². The van der Waals surface area contributed by atoms with Gasteiger partial charge in [0.15, 0.2) is 5.11 Å². The Kier molecular flexibility index (Phi) is 6.04. The summed E-state index contributed by atoms with van der Waals surface area (Å²) >= 11 is 5.32. The van der Waals surface area contributed by atoms with Gasteiger partial charge < -0.3 is 4.57 Å². The standard InChI is InChI=1S/C28H29N3O2S/c1-17-8-7-9-23(14-17)31-26(33)24(25(32)29-27(31)34)16-20-15-18(2)30(19(20)3)22-12-10-21(11-13-22)28(4,5)6/h7-16H,1-6H3,(H,29,32,34)/b24-16+. The number of rotatable bonds is 3. The van der Waals surface area contributed by atoms with Gasteiger partial charge in [-0.3, -0.25) is 19.8 Å². The number of anilines is 1. The lowest BCUT2D eigenvalue weighted by Crippen LogP contribution is -2.54. The van der Waals surface area contributed by atoms with Gasteiger partial charge in [0.2, 0.25) is 0 Å². The zero-order chi connectivity index (χ0) is 24.8. The minimum absolute atomic E-state index is 0.0541. The van der Waals surface area contributed by atoms with Crippen molar-refractivity contribution in [1.29, 1.82) is 0 Å². The third kappa shape index (κ3) is 4.33. The van der Waals surface area contributed by atoms with Crippen LogP contribution in [0.3, 0.4) is 0 Å². The van der Waals surface area contributed by atoms with E-state index in [1.807, 2.05) is 45.0 Å². The molecule has 0 bridgehead atoms. The maximum absolute atomic E-state index is 13.4. The molecule has 0 spiro atoms. The van der Waals surface area contributed by atoms with E-state index in [1.165, 1.54) is 10.5 Å². The molecule has 1 N–H and O–H groups in total. The van der Waals surface area contributed by atoms with Crippen LogP contribution >= 0.6 is 12.2 Å². The molecule has 1 fully saturated rings. The Morgan fingerprint density at radius 1 is 0.912 bits per heavy atom. The number of aryl methyl sites for hydroxylation is 2. The maximum atomic E-state index is 13.4. The van der Waals surface area contributed by atoms with E-state index < -0.39 is 11.8 Å². The number of thiocarbonyl (C=S) groups is 1. The second-order valence-corrected chi connectivity index (χ2v) is 10.1. The van der Waals surface area contributed by atoms with Crippen LogP contribution in [0.1, 0.15) is 48.8 Å². The molecule has 2 aromatic carbocycles. The molecule has 5 nitrogen and oxygen atoms in total. The fourth-order valence-corrected chi connectivity index (χ4v) is 4.54. The SMILES string of the molecule is Cc1cccc(N2C(=O)/C(=C/c3cc(C)n(-c4ccc(C(C)(C)C)cc4)c3C)C(=O)NC2=S)c1. The molecule has 0 unspecified atom stereocenters. The molecule has 2 amide bonds. The van der Waals surface area contributed by atoms with Crippen LogP contribution in [0, 0.1) is 20.8 Å². The van der Waals surface area contributed by atoms with E-state index >= 15 is 0 Å². The lowest BCUT2D eigenvalue weighted by molar-refractivity contribution is -0.122. The van der Waals surface area contributed by atoms with Crippen molar-refractivity contribution in [3.8, 4) is 5.69 Å². The maximum Gasteiger partial charge on any atom is 0.270 e. The average molecular weight is 472 g/mol. The molecule has 1 aliphatic heterocycles. The fraction of sp³-hybridized carbons (Fsp3) is 0.250. The van der Waals surface area contributed by atoms with Gasteiger partial charge >= 0.3 is 0 Å². The van der Waals surface area contributed by atoms with E-state index in [0.29, 0.717) is 5.69 Å². The van der Waals surface area contributed by atoms with Gasteiger partial charge in [-0.2, -0.15) is 0 Å². The van der Waals surface area contributed by atoms with Gasteiger partial charge in [-0.25, -0.2) is 0 Å². The van der Waals surface area contributed by atoms with Crippen molar-refractivity contribution < 1.29 is 9.59 Å². The van der Waals surface area contributed by atoms with Gasteiger partial charge in [0.05, 0.1) is 5.69 Å². The van der Waals surface area contributed by atoms with E-state index in [1.54, 1.807) is 12.1 Å². The highest BCUT2D eigenvalue weighted by Gasteiger charge is 2.34.